The van der Waals surface area contributed by atoms with Crippen LogP contribution in [0.15, 0.2) is 103 Å². The van der Waals surface area contributed by atoms with E-state index in [1.807, 2.05) is 48.5 Å². The molecule has 0 saturated heterocycles. The summed E-state index contributed by atoms with van der Waals surface area (Å²) in [7, 11) is 3.35. The smallest absolute Gasteiger partial charge is 0.139 e. The first kappa shape index (κ1) is 20.6. The summed E-state index contributed by atoms with van der Waals surface area (Å²) in [6.45, 7) is 0. The largest absolute Gasteiger partial charge is 0.497 e. The number of benzene rings is 4. The maximum Gasteiger partial charge on any atom is 0.139 e. The van der Waals surface area contributed by atoms with Gasteiger partial charge in [-0.15, -0.1) is 0 Å². The molecule has 33 heavy (non-hydrogen) atoms. The fourth-order valence-corrected chi connectivity index (χ4v) is 4.03. The molecule has 4 aromatic carbocycles. The highest BCUT2D eigenvalue weighted by molar-refractivity contribution is 5.86. The molecule has 0 aliphatic heterocycles. The van der Waals surface area contributed by atoms with Crippen molar-refractivity contribution < 1.29 is 9.47 Å². The first-order valence-electron chi connectivity index (χ1n) is 10.8. The summed E-state index contributed by atoms with van der Waals surface area (Å²) < 4.78 is 10.9. The number of aromatic amines is 1. The molecule has 1 heterocycles. The normalized spacial score (nSPS) is 10.7. The average Bonchev–Trinajstić information content (AvgIpc) is 3.35. The molecular formula is C29H24N2O2. The molecule has 0 radical (unpaired) electrons. The number of nitrogens with zero attached hydrogens (tertiary/aromatic N) is 1. The average molecular weight is 433 g/mol. The van der Waals surface area contributed by atoms with Crippen LogP contribution >= 0.6 is 0 Å². The van der Waals surface area contributed by atoms with Gasteiger partial charge in [-0.1, -0.05) is 78.9 Å². The minimum Gasteiger partial charge on any atom is -0.497 e. The molecule has 0 fully saturated rings. The molecule has 1 aromatic heterocycles. The third-order valence-corrected chi connectivity index (χ3v) is 5.67. The van der Waals surface area contributed by atoms with Gasteiger partial charge >= 0.3 is 0 Å². The Bertz CT molecular complexity index is 1320. The molecule has 0 amide bonds. The minimum atomic E-state index is 0.790. The third-order valence-electron chi connectivity index (χ3n) is 5.67. The Morgan fingerprint density at radius 2 is 1.15 bits per heavy atom. The van der Waals surface area contributed by atoms with Gasteiger partial charge in [0.05, 0.1) is 25.6 Å². The van der Waals surface area contributed by atoms with E-state index in [2.05, 4.69) is 59.6 Å². The lowest BCUT2D eigenvalue weighted by Crippen LogP contribution is -1.88. The lowest BCUT2D eigenvalue weighted by molar-refractivity contribution is 0.415. The number of H-pyrrole nitrogens is 1. The van der Waals surface area contributed by atoms with Crippen molar-refractivity contribution in [1.82, 2.24) is 9.97 Å². The van der Waals surface area contributed by atoms with E-state index in [0.29, 0.717) is 0 Å². The Hall–Kier alpha value is -4.31. The molecule has 0 spiro atoms. The van der Waals surface area contributed by atoms with Crippen molar-refractivity contribution in [3.8, 4) is 56.5 Å². The minimum absolute atomic E-state index is 0.790. The maximum absolute atomic E-state index is 5.47. The van der Waals surface area contributed by atoms with Crippen LogP contribution in [0.25, 0.3) is 45.0 Å². The van der Waals surface area contributed by atoms with Gasteiger partial charge in [0.1, 0.15) is 17.3 Å². The summed E-state index contributed by atoms with van der Waals surface area (Å²) in [6.07, 6.45) is 0. The zero-order valence-corrected chi connectivity index (χ0v) is 18.6. The Balaban J connectivity index is 1.72. The van der Waals surface area contributed by atoms with Gasteiger partial charge in [0.25, 0.3) is 0 Å². The van der Waals surface area contributed by atoms with Gasteiger partial charge in [0.2, 0.25) is 0 Å². The third kappa shape index (κ3) is 4.11. The van der Waals surface area contributed by atoms with Crippen molar-refractivity contribution in [2.24, 2.45) is 0 Å². The molecular weight excluding hydrogens is 408 g/mol. The summed E-state index contributed by atoms with van der Waals surface area (Å²) in [5.74, 6) is 2.40. The van der Waals surface area contributed by atoms with Gasteiger partial charge in [0, 0.05) is 16.7 Å². The number of imidazole rings is 1. The van der Waals surface area contributed by atoms with Gasteiger partial charge in [-0.2, -0.15) is 0 Å². The lowest BCUT2D eigenvalue weighted by Gasteiger charge is -2.07. The second kappa shape index (κ2) is 9.05. The molecule has 0 aliphatic carbocycles. The van der Waals surface area contributed by atoms with Crippen molar-refractivity contribution in [3.63, 3.8) is 0 Å². The second-order valence-electron chi connectivity index (χ2n) is 7.68. The number of hydrogen-bond donors (Lipinski definition) is 1. The van der Waals surface area contributed by atoms with Crippen LogP contribution in [-0.2, 0) is 0 Å². The summed E-state index contributed by atoms with van der Waals surface area (Å²) in [6, 6.07) is 34.7. The van der Waals surface area contributed by atoms with E-state index in [9.17, 15) is 0 Å². The van der Waals surface area contributed by atoms with Crippen LogP contribution in [0, 0.1) is 0 Å². The van der Waals surface area contributed by atoms with E-state index in [0.717, 1.165) is 56.5 Å². The molecule has 5 rings (SSSR count). The van der Waals surface area contributed by atoms with Crippen molar-refractivity contribution in [2.45, 2.75) is 0 Å². The Morgan fingerprint density at radius 1 is 0.576 bits per heavy atom. The summed E-state index contributed by atoms with van der Waals surface area (Å²) in [5, 5.41) is 0. The highest BCUT2D eigenvalue weighted by Gasteiger charge is 2.18. The fraction of sp³-hybridized carbons (Fsp3) is 0.0690. The topological polar surface area (TPSA) is 47.1 Å². The number of aromatic nitrogens is 2. The molecule has 5 aromatic rings. The molecule has 4 nitrogen and oxygen atoms in total. The molecule has 0 atom stereocenters. The summed E-state index contributed by atoms with van der Waals surface area (Å²) in [5.41, 5.74) is 7.09. The Morgan fingerprint density at radius 3 is 1.85 bits per heavy atom. The maximum atomic E-state index is 5.47. The summed E-state index contributed by atoms with van der Waals surface area (Å²) in [4.78, 5) is 8.70. The Labute approximate surface area is 193 Å². The van der Waals surface area contributed by atoms with Gasteiger partial charge in [-0.25, -0.2) is 4.98 Å². The van der Waals surface area contributed by atoms with Gasteiger partial charge in [0.15, 0.2) is 0 Å². The van der Waals surface area contributed by atoms with E-state index in [-0.39, 0.29) is 0 Å². The summed E-state index contributed by atoms with van der Waals surface area (Å²) >= 11 is 0. The van der Waals surface area contributed by atoms with Gasteiger partial charge in [-0.05, 0) is 35.4 Å². The number of rotatable bonds is 6. The fourth-order valence-electron chi connectivity index (χ4n) is 4.03. The highest BCUT2D eigenvalue weighted by Crippen LogP contribution is 2.38. The number of hydrogen-bond acceptors (Lipinski definition) is 3. The van der Waals surface area contributed by atoms with E-state index < -0.39 is 0 Å². The van der Waals surface area contributed by atoms with Crippen LogP contribution in [0.5, 0.6) is 11.5 Å². The molecule has 0 aliphatic rings. The lowest BCUT2D eigenvalue weighted by atomic mass is 9.99. The molecule has 162 valence electrons. The quantitative estimate of drug-likeness (QED) is 0.311. The van der Waals surface area contributed by atoms with Gasteiger partial charge < -0.3 is 14.5 Å². The highest BCUT2D eigenvalue weighted by atomic mass is 16.5. The van der Waals surface area contributed by atoms with Gasteiger partial charge in [-0.3, -0.25) is 0 Å². The molecule has 4 heteroatoms. The first-order valence-corrected chi connectivity index (χ1v) is 10.8. The molecule has 0 unspecified atom stereocenters. The van der Waals surface area contributed by atoms with E-state index >= 15 is 0 Å². The van der Waals surface area contributed by atoms with E-state index in [1.165, 1.54) is 0 Å². The number of nitrogens with one attached hydrogen (secondary N) is 1. The molecule has 0 bridgehead atoms. The standard InChI is InChI=1S/C29H24N2O2/c1-32-23-14-8-12-21(18-23)27-28(22-13-9-15-24(19-22)33-2)31-29(30-27)26-17-7-6-16-25(26)20-10-4-3-5-11-20/h3-19H,1-2H3,(H,30,31). The van der Waals surface area contributed by atoms with Crippen molar-refractivity contribution in [3.05, 3.63) is 103 Å². The van der Waals surface area contributed by atoms with Crippen LogP contribution in [0.2, 0.25) is 0 Å². The monoisotopic (exact) mass is 432 g/mol. The van der Waals surface area contributed by atoms with Crippen LogP contribution < -0.4 is 9.47 Å². The zero-order chi connectivity index (χ0) is 22.6. The predicted molar refractivity (Wildman–Crippen MR) is 133 cm³/mol. The molecule has 1 N–H and O–H groups in total. The second-order valence-corrected chi connectivity index (χ2v) is 7.68. The van der Waals surface area contributed by atoms with Crippen molar-refractivity contribution in [1.29, 1.82) is 0 Å². The zero-order valence-electron chi connectivity index (χ0n) is 18.6. The number of methoxy groups -OCH3 is 2. The van der Waals surface area contributed by atoms with Crippen LogP contribution in [0.3, 0.4) is 0 Å². The van der Waals surface area contributed by atoms with Crippen LogP contribution in [0.1, 0.15) is 0 Å². The van der Waals surface area contributed by atoms with Crippen LogP contribution in [0.4, 0.5) is 0 Å². The van der Waals surface area contributed by atoms with E-state index in [4.69, 9.17) is 14.5 Å². The van der Waals surface area contributed by atoms with E-state index in [1.54, 1.807) is 14.2 Å². The van der Waals surface area contributed by atoms with Crippen LogP contribution in [-0.4, -0.2) is 24.2 Å². The Kier molecular flexibility index (Phi) is 5.64. The first-order chi connectivity index (χ1) is 16.3. The predicted octanol–water partition coefficient (Wildman–Crippen LogP) is 7.09. The SMILES string of the molecule is COc1cccc(-c2nc(-c3ccccc3-c3ccccc3)[nH]c2-c2cccc(OC)c2)c1. The van der Waals surface area contributed by atoms with Crippen molar-refractivity contribution in [2.75, 3.05) is 14.2 Å². The molecule has 0 saturated carbocycles. The van der Waals surface area contributed by atoms with Crippen molar-refractivity contribution >= 4 is 0 Å². The number of ether oxygens (including phenoxy) is 2.